The Hall–Kier alpha value is -2.08. The topological polar surface area (TPSA) is 89.9 Å². The molecular formula is C15H20N2O4. The van der Waals surface area contributed by atoms with Gasteiger partial charge in [0, 0.05) is 25.2 Å². The van der Waals surface area contributed by atoms with Gasteiger partial charge in [0.05, 0.1) is 6.10 Å². The van der Waals surface area contributed by atoms with Gasteiger partial charge in [-0.3, -0.25) is 4.79 Å². The molecule has 0 bridgehead atoms. The number of hydrogen-bond donors (Lipinski definition) is 3. The Bertz CT molecular complexity index is 518. The minimum atomic E-state index is -0.841. The molecule has 1 aromatic carbocycles. The second kappa shape index (κ2) is 7.08. The number of carboxylic acids is 1. The minimum absolute atomic E-state index is 0.0652. The molecule has 0 saturated carbocycles. The van der Waals surface area contributed by atoms with Crippen LogP contribution in [0.2, 0.25) is 0 Å². The smallest absolute Gasteiger partial charge is 0.321 e. The summed E-state index contributed by atoms with van der Waals surface area (Å²) in [6, 6.07) is 6.94. The Morgan fingerprint density at radius 3 is 2.90 bits per heavy atom. The first-order chi connectivity index (χ1) is 10.0. The van der Waals surface area contributed by atoms with Crippen LogP contribution in [0.25, 0.3) is 0 Å². The third kappa shape index (κ3) is 4.75. The molecule has 1 atom stereocenters. The number of nitrogens with one attached hydrogen (secondary N) is 1. The number of aliphatic carboxylic acids is 1. The maximum atomic E-state index is 12.1. The van der Waals surface area contributed by atoms with Gasteiger partial charge in [0.2, 0.25) is 0 Å². The molecular weight excluding hydrogens is 272 g/mol. The van der Waals surface area contributed by atoms with Gasteiger partial charge >= 0.3 is 12.0 Å². The van der Waals surface area contributed by atoms with E-state index in [0.29, 0.717) is 25.2 Å². The highest BCUT2D eigenvalue weighted by Gasteiger charge is 2.21. The van der Waals surface area contributed by atoms with E-state index >= 15 is 0 Å². The van der Waals surface area contributed by atoms with Crippen LogP contribution in [0.3, 0.4) is 0 Å². The lowest BCUT2D eigenvalue weighted by atomic mass is 10.1. The molecule has 2 amide bonds. The largest absolute Gasteiger partial charge is 0.481 e. The summed E-state index contributed by atoms with van der Waals surface area (Å²) in [6.45, 7) is 0.992. The monoisotopic (exact) mass is 292 g/mol. The van der Waals surface area contributed by atoms with Gasteiger partial charge in [0.15, 0.2) is 0 Å². The Kier molecular flexibility index (Phi) is 5.16. The van der Waals surface area contributed by atoms with Crippen LogP contribution < -0.4 is 5.32 Å². The molecule has 0 aromatic heterocycles. The molecule has 1 fully saturated rings. The number of amides is 2. The average Bonchev–Trinajstić information content (AvgIpc) is 2.45. The molecule has 1 unspecified atom stereocenters. The molecule has 6 heteroatoms. The summed E-state index contributed by atoms with van der Waals surface area (Å²) in [7, 11) is 0. The molecule has 1 aliphatic rings. The molecule has 1 aliphatic heterocycles. The number of likely N-dealkylation sites (tertiary alicyclic amines) is 1. The highest BCUT2D eigenvalue weighted by atomic mass is 16.4. The zero-order chi connectivity index (χ0) is 15.2. The van der Waals surface area contributed by atoms with Crippen LogP contribution in [0.1, 0.15) is 24.8 Å². The van der Waals surface area contributed by atoms with Crippen molar-refractivity contribution in [3.63, 3.8) is 0 Å². The fourth-order valence-electron chi connectivity index (χ4n) is 2.40. The van der Waals surface area contributed by atoms with Gasteiger partial charge in [0.1, 0.15) is 0 Å². The van der Waals surface area contributed by atoms with E-state index in [9.17, 15) is 14.7 Å². The number of carboxylic acid groups (broad SMARTS) is 1. The van der Waals surface area contributed by atoms with Crippen LogP contribution in [-0.2, 0) is 11.2 Å². The molecule has 0 aliphatic carbocycles. The first-order valence-corrected chi connectivity index (χ1v) is 7.09. The lowest BCUT2D eigenvalue weighted by Crippen LogP contribution is -2.44. The van der Waals surface area contributed by atoms with Crippen LogP contribution >= 0.6 is 0 Å². The number of β-amino-alcohol motifs (C(OH)–C–C–N with tert-alkyl or cyclic N) is 1. The molecule has 0 spiro atoms. The average molecular weight is 292 g/mol. The third-order valence-electron chi connectivity index (χ3n) is 3.49. The van der Waals surface area contributed by atoms with Crippen molar-refractivity contribution in [1.29, 1.82) is 0 Å². The first kappa shape index (κ1) is 15.3. The summed E-state index contributed by atoms with van der Waals surface area (Å²) in [5.41, 5.74) is 1.51. The second-order valence-electron chi connectivity index (χ2n) is 5.27. The number of rotatable bonds is 4. The van der Waals surface area contributed by atoms with Crippen molar-refractivity contribution in [3.8, 4) is 0 Å². The quantitative estimate of drug-likeness (QED) is 0.787. The number of benzene rings is 1. The highest BCUT2D eigenvalue weighted by molar-refractivity contribution is 5.89. The third-order valence-corrected chi connectivity index (χ3v) is 3.49. The molecule has 114 valence electrons. The normalized spacial score (nSPS) is 18.3. The molecule has 2 rings (SSSR count). The van der Waals surface area contributed by atoms with E-state index in [4.69, 9.17) is 5.11 Å². The SMILES string of the molecule is O=C(O)CCc1cccc(NC(=O)N2CCCC(O)C2)c1. The number of aryl methyl sites for hydroxylation is 1. The van der Waals surface area contributed by atoms with E-state index in [0.717, 1.165) is 18.4 Å². The number of carbonyl (C=O) groups excluding carboxylic acids is 1. The van der Waals surface area contributed by atoms with Gasteiger partial charge in [-0.05, 0) is 37.0 Å². The number of aliphatic hydroxyl groups is 1. The molecule has 1 saturated heterocycles. The fraction of sp³-hybridized carbons (Fsp3) is 0.467. The molecule has 6 nitrogen and oxygen atoms in total. The van der Waals surface area contributed by atoms with E-state index in [-0.39, 0.29) is 12.5 Å². The first-order valence-electron chi connectivity index (χ1n) is 7.09. The number of aliphatic hydroxyl groups excluding tert-OH is 1. The van der Waals surface area contributed by atoms with E-state index in [1.807, 2.05) is 6.07 Å². The maximum absolute atomic E-state index is 12.1. The number of piperidine rings is 1. The molecule has 1 aromatic rings. The molecule has 0 radical (unpaired) electrons. The maximum Gasteiger partial charge on any atom is 0.321 e. The zero-order valence-electron chi connectivity index (χ0n) is 11.8. The van der Waals surface area contributed by atoms with Crippen molar-refractivity contribution in [2.45, 2.75) is 31.8 Å². The summed E-state index contributed by atoms with van der Waals surface area (Å²) in [4.78, 5) is 24.3. The Labute approximate surface area is 123 Å². The van der Waals surface area contributed by atoms with E-state index in [2.05, 4.69) is 5.32 Å². The molecule has 1 heterocycles. The summed E-state index contributed by atoms with van der Waals surface area (Å²) in [5.74, 6) is -0.841. The predicted molar refractivity (Wildman–Crippen MR) is 78.2 cm³/mol. The summed E-state index contributed by atoms with van der Waals surface area (Å²) in [5, 5.41) is 21.1. The van der Waals surface area contributed by atoms with Gasteiger partial charge in [-0.2, -0.15) is 0 Å². The lowest BCUT2D eigenvalue weighted by Gasteiger charge is -2.30. The minimum Gasteiger partial charge on any atom is -0.481 e. The number of nitrogens with zero attached hydrogens (tertiary/aromatic N) is 1. The van der Waals surface area contributed by atoms with E-state index < -0.39 is 12.1 Å². The van der Waals surface area contributed by atoms with Crippen LogP contribution in [0.4, 0.5) is 10.5 Å². The number of carbonyl (C=O) groups is 2. The standard InChI is InChI=1S/C15H20N2O4/c18-13-5-2-8-17(10-13)15(21)16-12-4-1-3-11(9-12)6-7-14(19)20/h1,3-4,9,13,18H,2,5-8,10H2,(H,16,21)(H,19,20). The van der Waals surface area contributed by atoms with Crippen molar-refractivity contribution in [3.05, 3.63) is 29.8 Å². The van der Waals surface area contributed by atoms with Gasteiger partial charge in [-0.15, -0.1) is 0 Å². The van der Waals surface area contributed by atoms with E-state index in [1.54, 1.807) is 23.1 Å². The van der Waals surface area contributed by atoms with Crippen LogP contribution in [0.15, 0.2) is 24.3 Å². The van der Waals surface area contributed by atoms with Gasteiger partial charge < -0.3 is 20.4 Å². The van der Waals surface area contributed by atoms with Gasteiger partial charge in [-0.25, -0.2) is 4.79 Å². The highest BCUT2D eigenvalue weighted by Crippen LogP contribution is 2.15. The summed E-state index contributed by atoms with van der Waals surface area (Å²) in [6.07, 6.45) is 1.57. The van der Waals surface area contributed by atoms with Crippen molar-refractivity contribution >= 4 is 17.7 Å². The predicted octanol–water partition coefficient (Wildman–Crippen LogP) is 1.69. The second-order valence-corrected chi connectivity index (χ2v) is 5.27. The van der Waals surface area contributed by atoms with Crippen LogP contribution in [-0.4, -0.2) is 46.3 Å². The van der Waals surface area contributed by atoms with Crippen molar-refractivity contribution < 1.29 is 19.8 Å². The van der Waals surface area contributed by atoms with Crippen molar-refractivity contribution in [2.24, 2.45) is 0 Å². The van der Waals surface area contributed by atoms with Crippen LogP contribution in [0.5, 0.6) is 0 Å². The fourth-order valence-corrected chi connectivity index (χ4v) is 2.40. The Balaban J connectivity index is 1.94. The molecule has 3 N–H and O–H groups in total. The number of urea groups is 1. The van der Waals surface area contributed by atoms with Gasteiger partial charge in [0.25, 0.3) is 0 Å². The Morgan fingerprint density at radius 2 is 2.19 bits per heavy atom. The van der Waals surface area contributed by atoms with Crippen molar-refractivity contribution in [1.82, 2.24) is 4.90 Å². The number of hydrogen-bond acceptors (Lipinski definition) is 3. The Morgan fingerprint density at radius 1 is 1.38 bits per heavy atom. The van der Waals surface area contributed by atoms with Gasteiger partial charge in [-0.1, -0.05) is 12.1 Å². The molecule has 21 heavy (non-hydrogen) atoms. The number of anilines is 1. The van der Waals surface area contributed by atoms with E-state index in [1.165, 1.54) is 0 Å². The van der Waals surface area contributed by atoms with Crippen LogP contribution in [0, 0.1) is 0 Å². The summed E-state index contributed by atoms with van der Waals surface area (Å²) >= 11 is 0. The summed E-state index contributed by atoms with van der Waals surface area (Å²) < 4.78 is 0. The zero-order valence-corrected chi connectivity index (χ0v) is 11.8. The lowest BCUT2D eigenvalue weighted by molar-refractivity contribution is -0.136. The van der Waals surface area contributed by atoms with Crippen molar-refractivity contribution in [2.75, 3.05) is 18.4 Å².